The molecule has 132 valence electrons. The minimum Gasteiger partial charge on any atom is -0.333 e. The zero-order chi connectivity index (χ0) is 18.0. The molecular formula is C18H17F4N3. The van der Waals surface area contributed by atoms with Crippen molar-refractivity contribution in [3.8, 4) is 17.2 Å². The Kier molecular flexibility index (Phi) is 4.82. The van der Waals surface area contributed by atoms with Gasteiger partial charge in [-0.3, -0.25) is 4.90 Å². The quantitative estimate of drug-likeness (QED) is 0.768. The molecule has 3 rings (SSSR count). The van der Waals surface area contributed by atoms with Crippen molar-refractivity contribution in [2.24, 2.45) is 0 Å². The molecule has 0 radical (unpaired) electrons. The fraction of sp³-hybridized carbons (Fsp3) is 0.389. The Labute approximate surface area is 143 Å². The zero-order valence-corrected chi connectivity index (χ0v) is 13.5. The highest BCUT2D eigenvalue weighted by atomic mass is 19.4. The smallest absolute Gasteiger partial charge is 0.333 e. The second-order valence-electron chi connectivity index (χ2n) is 6.17. The van der Waals surface area contributed by atoms with Gasteiger partial charge in [0.05, 0.1) is 0 Å². The number of hydrogen-bond acceptors (Lipinski definition) is 2. The molecule has 0 N–H and O–H groups in total. The minimum absolute atomic E-state index is 0.0616. The predicted octanol–water partition coefficient (Wildman–Crippen LogP) is 4.32. The van der Waals surface area contributed by atoms with E-state index in [0.29, 0.717) is 43.0 Å². The van der Waals surface area contributed by atoms with Gasteiger partial charge in [0.25, 0.3) is 0 Å². The van der Waals surface area contributed by atoms with Crippen LogP contribution in [0.5, 0.6) is 0 Å². The molecule has 1 aromatic carbocycles. The minimum atomic E-state index is -4.13. The molecule has 1 aromatic heterocycles. The lowest BCUT2D eigenvalue weighted by atomic mass is 10.1. The van der Waals surface area contributed by atoms with Crippen LogP contribution in [0, 0.1) is 17.1 Å². The molecule has 0 aliphatic carbocycles. The van der Waals surface area contributed by atoms with E-state index < -0.39 is 12.6 Å². The van der Waals surface area contributed by atoms with Gasteiger partial charge in [-0.25, -0.2) is 4.39 Å². The van der Waals surface area contributed by atoms with Crippen LogP contribution in [0.2, 0.25) is 0 Å². The van der Waals surface area contributed by atoms with Crippen LogP contribution in [0.3, 0.4) is 0 Å². The van der Waals surface area contributed by atoms with Crippen molar-refractivity contribution in [3.05, 3.63) is 47.5 Å². The fourth-order valence-electron chi connectivity index (χ4n) is 3.23. The van der Waals surface area contributed by atoms with Crippen molar-refractivity contribution >= 4 is 0 Å². The first kappa shape index (κ1) is 17.5. The molecule has 0 amide bonds. The maximum Gasteiger partial charge on any atom is 0.389 e. The summed E-state index contributed by atoms with van der Waals surface area (Å²) in [5, 5.41) is 9.49. The van der Waals surface area contributed by atoms with Gasteiger partial charge in [-0.15, -0.1) is 0 Å². The van der Waals surface area contributed by atoms with Gasteiger partial charge < -0.3 is 4.57 Å². The van der Waals surface area contributed by atoms with E-state index in [1.54, 1.807) is 12.1 Å². The highest BCUT2D eigenvalue weighted by Gasteiger charge is 2.27. The molecule has 0 atom stereocenters. The summed E-state index contributed by atoms with van der Waals surface area (Å²) >= 11 is 0. The van der Waals surface area contributed by atoms with Crippen LogP contribution in [0.1, 0.15) is 24.2 Å². The summed E-state index contributed by atoms with van der Waals surface area (Å²) in [6, 6.07) is 10.1. The third-order valence-corrected chi connectivity index (χ3v) is 4.38. The Balaban J connectivity index is 1.78. The zero-order valence-electron chi connectivity index (χ0n) is 13.5. The van der Waals surface area contributed by atoms with E-state index in [1.165, 1.54) is 12.1 Å². The largest absolute Gasteiger partial charge is 0.389 e. The van der Waals surface area contributed by atoms with Gasteiger partial charge in [-0.2, -0.15) is 18.4 Å². The van der Waals surface area contributed by atoms with E-state index in [4.69, 9.17) is 0 Å². The summed E-state index contributed by atoms with van der Waals surface area (Å²) in [5.74, 6) is -0.376. The second-order valence-corrected chi connectivity index (χ2v) is 6.17. The summed E-state index contributed by atoms with van der Waals surface area (Å²) in [6.07, 6.45) is -4.86. The molecule has 2 aromatic rings. The Morgan fingerprint density at radius 2 is 1.96 bits per heavy atom. The lowest BCUT2D eigenvalue weighted by molar-refractivity contribution is -0.136. The highest BCUT2D eigenvalue weighted by molar-refractivity contribution is 5.70. The SMILES string of the molecule is N#Cc1c(-c2cccc(F)c2)cc2n1CCN(CCCC(F)(F)F)C2. The molecular weight excluding hydrogens is 334 g/mol. The molecule has 0 unspecified atom stereocenters. The topological polar surface area (TPSA) is 32.0 Å². The van der Waals surface area contributed by atoms with Crippen molar-refractivity contribution in [1.82, 2.24) is 9.47 Å². The molecule has 2 heterocycles. The highest BCUT2D eigenvalue weighted by Crippen LogP contribution is 2.30. The number of nitrogens with zero attached hydrogens (tertiary/aromatic N) is 3. The van der Waals surface area contributed by atoms with Gasteiger partial charge in [0.2, 0.25) is 0 Å². The number of aromatic nitrogens is 1. The van der Waals surface area contributed by atoms with E-state index in [9.17, 15) is 22.8 Å². The van der Waals surface area contributed by atoms with Crippen molar-refractivity contribution in [2.75, 3.05) is 13.1 Å². The summed E-state index contributed by atoms with van der Waals surface area (Å²) in [4.78, 5) is 1.96. The van der Waals surface area contributed by atoms with E-state index in [-0.39, 0.29) is 12.2 Å². The monoisotopic (exact) mass is 351 g/mol. The van der Waals surface area contributed by atoms with Crippen molar-refractivity contribution < 1.29 is 17.6 Å². The Bertz CT molecular complexity index is 802. The molecule has 7 heteroatoms. The number of rotatable bonds is 4. The first-order valence-electron chi connectivity index (χ1n) is 8.05. The number of alkyl halides is 3. The molecule has 3 nitrogen and oxygen atoms in total. The number of nitriles is 1. The lowest BCUT2D eigenvalue weighted by Gasteiger charge is -2.28. The molecule has 0 saturated heterocycles. The average Bonchev–Trinajstić information content (AvgIpc) is 2.91. The molecule has 25 heavy (non-hydrogen) atoms. The van der Waals surface area contributed by atoms with Gasteiger partial charge in [0.15, 0.2) is 0 Å². The van der Waals surface area contributed by atoms with Crippen LogP contribution in [0.15, 0.2) is 30.3 Å². The van der Waals surface area contributed by atoms with Crippen LogP contribution in [0.4, 0.5) is 17.6 Å². The standard InChI is InChI=1S/C18H17F4N3/c19-14-4-1-3-13(9-14)16-10-15-12-24(6-2-5-18(20,21)22)7-8-25(15)17(16)11-23/h1,3-4,9-10H,2,5-8,12H2. The maximum absolute atomic E-state index is 13.5. The molecule has 0 bridgehead atoms. The van der Waals surface area contributed by atoms with Crippen LogP contribution in [-0.2, 0) is 13.1 Å². The van der Waals surface area contributed by atoms with Crippen LogP contribution < -0.4 is 0 Å². The third kappa shape index (κ3) is 4.02. The first-order chi connectivity index (χ1) is 11.9. The number of hydrogen-bond donors (Lipinski definition) is 0. The molecule has 1 aliphatic heterocycles. The van der Waals surface area contributed by atoms with Crippen molar-refractivity contribution in [3.63, 3.8) is 0 Å². The summed E-state index contributed by atoms with van der Waals surface area (Å²) in [7, 11) is 0. The number of fused-ring (bicyclic) bond motifs is 1. The van der Waals surface area contributed by atoms with Crippen LogP contribution in [0.25, 0.3) is 11.1 Å². The van der Waals surface area contributed by atoms with E-state index in [2.05, 4.69) is 6.07 Å². The van der Waals surface area contributed by atoms with Gasteiger partial charge in [-0.05, 0) is 36.7 Å². The summed E-state index contributed by atoms with van der Waals surface area (Å²) in [5.41, 5.74) is 2.63. The lowest BCUT2D eigenvalue weighted by Crippen LogP contribution is -2.34. The van der Waals surface area contributed by atoms with Crippen LogP contribution in [-0.4, -0.2) is 28.7 Å². The molecule has 0 saturated carbocycles. The normalized spacial score (nSPS) is 15.0. The first-order valence-corrected chi connectivity index (χ1v) is 8.05. The average molecular weight is 351 g/mol. The fourth-order valence-corrected chi connectivity index (χ4v) is 3.23. The molecule has 0 spiro atoms. The number of benzene rings is 1. The van der Waals surface area contributed by atoms with Gasteiger partial charge in [-0.1, -0.05) is 12.1 Å². The van der Waals surface area contributed by atoms with Crippen molar-refractivity contribution in [2.45, 2.75) is 32.1 Å². The van der Waals surface area contributed by atoms with Gasteiger partial charge in [0.1, 0.15) is 17.6 Å². The van der Waals surface area contributed by atoms with E-state index in [0.717, 1.165) is 5.69 Å². The van der Waals surface area contributed by atoms with Crippen molar-refractivity contribution in [1.29, 1.82) is 5.26 Å². The van der Waals surface area contributed by atoms with Gasteiger partial charge >= 0.3 is 6.18 Å². The van der Waals surface area contributed by atoms with E-state index in [1.807, 2.05) is 15.5 Å². The van der Waals surface area contributed by atoms with E-state index >= 15 is 0 Å². The van der Waals surface area contributed by atoms with Crippen LogP contribution >= 0.6 is 0 Å². The Morgan fingerprint density at radius 3 is 2.64 bits per heavy atom. The summed E-state index contributed by atoms with van der Waals surface area (Å²) in [6.45, 7) is 1.99. The molecule has 0 fully saturated rings. The summed E-state index contributed by atoms with van der Waals surface area (Å²) < 4.78 is 52.2. The Morgan fingerprint density at radius 1 is 1.16 bits per heavy atom. The number of halogens is 4. The Hall–Kier alpha value is -2.33. The van der Waals surface area contributed by atoms with Gasteiger partial charge in [0, 0.05) is 37.3 Å². The molecule has 1 aliphatic rings. The third-order valence-electron chi connectivity index (χ3n) is 4.38. The second kappa shape index (κ2) is 6.89. The maximum atomic E-state index is 13.5. The predicted molar refractivity (Wildman–Crippen MR) is 85.1 cm³/mol.